The van der Waals surface area contributed by atoms with E-state index in [1.807, 2.05) is 6.92 Å². The van der Waals surface area contributed by atoms with Gasteiger partial charge in [-0.1, -0.05) is 37.4 Å². The highest BCUT2D eigenvalue weighted by molar-refractivity contribution is 8.00. The monoisotopic (exact) mass is 390 g/mol. The molecule has 0 amide bonds. The van der Waals surface area contributed by atoms with Crippen LogP contribution in [0.1, 0.15) is 70.5 Å². The van der Waals surface area contributed by atoms with Crippen LogP contribution in [0.2, 0.25) is 0 Å². The lowest BCUT2D eigenvalue weighted by Crippen LogP contribution is -2.15. The summed E-state index contributed by atoms with van der Waals surface area (Å²) < 4.78 is 4.80. The van der Waals surface area contributed by atoms with Gasteiger partial charge in [-0.25, -0.2) is 9.78 Å². The summed E-state index contributed by atoms with van der Waals surface area (Å²) in [6.45, 7) is 5.35. The Kier molecular flexibility index (Phi) is 6.04. The fourth-order valence-corrected chi connectivity index (χ4v) is 4.53. The van der Waals surface area contributed by atoms with Gasteiger partial charge < -0.3 is 9.72 Å². The van der Waals surface area contributed by atoms with Gasteiger partial charge in [0.25, 0.3) is 0 Å². The number of nitrogens with one attached hydrogen (secondary N) is 2. The summed E-state index contributed by atoms with van der Waals surface area (Å²) in [6, 6.07) is 0. The third kappa shape index (κ3) is 4.26. The van der Waals surface area contributed by atoms with Gasteiger partial charge in [0.05, 0.1) is 23.6 Å². The molecular formula is C19H26N4O3S. The third-order valence-electron chi connectivity index (χ3n) is 5.19. The Hall–Kier alpha value is -2.09. The summed E-state index contributed by atoms with van der Waals surface area (Å²) in [5.74, 6) is 1.06. The van der Waals surface area contributed by atoms with Crippen molar-refractivity contribution in [1.29, 1.82) is 0 Å². The lowest BCUT2D eigenvalue weighted by molar-refractivity contribution is 0.0599. The van der Waals surface area contributed by atoms with Gasteiger partial charge in [0.2, 0.25) is 5.16 Å². The highest BCUT2D eigenvalue weighted by Crippen LogP contribution is 2.29. The van der Waals surface area contributed by atoms with Crippen LogP contribution in [0.3, 0.4) is 0 Å². The lowest BCUT2D eigenvalue weighted by Gasteiger charge is -2.07. The number of thioether (sulfide) groups is 1. The van der Waals surface area contributed by atoms with E-state index in [1.54, 1.807) is 13.8 Å². The predicted octanol–water partition coefficient (Wildman–Crippen LogP) is 3.63. The van der Waals surface area contributed by atoms with Crippen molar-refractivity contribution < 1.29 is 14.3 Å². The normalized spacial score (nSPS) is 15.9. The standard InChI is InChI=1S/C19H26N4O3S/c1-10-15(18(25)26-4)11(2)20-16(10)17(24)12(3)27-19-21-14(22-23-19)9-13-7-5-6-8-13/h12-13,20H,5-9H2,1-4H3,(H,21,22,23). The zero-order chi connectivity index (χ0) is 19.6. The molecule has 2 heterocycles. The molecule has 2 aromatic rings. The molecule has 146 valence electrons. The molecule has 0 saturated heterocycles. The van der Waals surface area contributed by atoms with Gasteiger partial charge in [0.15, 0.2) is 5.78 Å². The molecule has 8 heteroatoms. The third-order valence-corrected chi connectivity index (χ3v) is 6.15. The van der Waals surface area contributed by atoms with Crippen LogP contribution >= 0.6 is 11.8 Å². The molecule has 1 unspecified atom stereocenters. The smallest absolute Gasteiger partial charge is 0.339 e. The molecule has 1 atom stereocenters. The molecule has 1 aliphatic carbocycles. The zero-order valence-electron chi connectivity index (χ0n) is 16.2. The Balaban J connectivity index is 1.67. The van der Waals surface area contributed by atoms with Gasteiger partial charge >= 0.3 is 5.97 Å². The van der Waals surface area contributed by atoms with Crippen LogP contribution in [-0.2, 0) is 11.2 Å². The first-order valence-electron chi connectivity index (χ1n) is 9.30. The van der Waals surface area contributed by atoms with E-state index in [4.69, 9.17) is 4.74 Å². The fourth-order valence-electron chi connectivity index (χ4n) is 3.73. The molecule has 0 spiro atoms. The Labute approximate surface area is 163 Å². The van der Waals surface area contributed by atoms with Crippen molar-refractivity contribution in [3.63, 3.8) is 0 Å². The molecule has 27 heavy (non-hydrogen) atoms. The summed E-state index contributed by atoms with van der Waals surface area (Å²) in [5, 5.41) is 7.46. The highest BCUT2D eigenvalue weighted by atomic mass is 32.2. The number of aromatic nitrogens is 4. The van der Waals surface area contributed by atoms with Crippen molar-refractivity contribution in [1.82, 2.24) is 20.2 Å². The first-order chi connectivity index (χ1) is 12.9. The lowest BCUT2D eigenvalue weighted by atomic mass is 10.0. The number of hydrogen-bond acceptors (Lipinski definition) is 6. The molecule has 0 aliphatic heterocycles. The Bertz CT molecular complexity index is 836. The fraction of sp³-hybridized carbons (Fsp3) is 0.579. The number of nitrogens with zero attached hydrogens (tertiary/aromatic N) is 2. The minimum atomic E-state index is -0.439. The zero-order valence-corrected chi connectivity index (χ0v) is 17.0. The van der Waals surface area contributed by atoms with E-state index < -0.39 is 5.97 Å². The van der Waals surface area contributed by atoms with Crippen molar-refractivity contribution in [3.05, 3.63) is 28.3 Å². The van der Waals surface area contributed by atoms with Crippen LogP contribution in [0, 0.1) is 19.8 Å². The molecule has 7 nitrogen and oxygen atoms in total. The van der Waals surface area contributed by atoms with E-state index in [0.29, 0.717) is 33.6 Å². The number of aromatic amines is 2. The minimum absolute atomic E-state index is 0.0853. The predicted molar refractivity (Wildman–Crippen MR) is 103 cm³/mol. The van der Waals surface area contributed by atoms with Gasteiger partial charge in [0.1, 0.15) is 5.82 Å². The average molecular weight is 391 g/mol. The Morgan fingerprint density at radius 3 is 2.67 bits per heavy atom. The number of rotatable bonds is 7. The van der Waals surface area contributed by atoms with Gasteiger partial charge in [-0.3, -0.25) is 9.89 Å². The van der Waals surface area contributed by atoms with Gasteiger partial charge in [-0.15, -0.1) is 5.10 Å². The molecule has 0 bridgehead atoms. The summed E-state index contributed by atoms with van der Waals surface area (Å²) in [7, 11) is 1.33. The summed E-state index contributed by atoms with van der Waals surface area (Å²) >= 11 is 1.32. The molecule has 0 radical (unpaired) electrons. The van der Waals surface area contributed by atoms with Crippen LogP contribution in [0.15, 0.2) is 5.16 Å². The van der Waals surface area contributed by atoms with Crippen LogP contribution in [-0.4, -0.2) is 44.3 Å². The van der Waals surface area contributed by atoms with E-state index in [-0.39, 0.29) is 11.0 Å². The summed E-state index contributed by atoms with van der Waals surface area (Å²) in [6.07, 6.45) is 6.04. The number of H-pyrrole nitrogens is 2. The van der Waals surface area contributed by atoms with Crippen molar-refractivity contribution in [2.24, 2.45) is 5.92 Å². The van der Waals surface area contributed by atoms with Crippen molar-refractivity contribution >= 4 is 23.5 Å². The number of hydrogen-bond donors (Lipinski definition) is 2. The van der Waals surface area contributed by atoms with E-state index in [9.17, 15) is 9.59 Å². The number of ether oxygens (including phenoxy) is 1. The second kappa shape index (κ2) is 8.29. The van der Waals surface area contributed by atoms with Crippen LogP contribution in [0.4, 0.5) is 0 Å². The van der Waals surface area contributed by atoms with Crippen molar-refractivity contribution in [3.8, 4) is 0 Å². The SMILES string of the molecule is COC(=O)c1c(C)[nH]c(C(=O)C(C)Sc2n[nH]c(CC3CCCC3)n2)c1C. The first-order valence-corrected chi connectivity index (χ1v) is 10.2. The molecule has 0 aromatic carbocycles. The van der Waals surface area contributed by atoms with E-state index in [0.717, 1.165) is 12.2 Å². The van der Waals surface area contributed by atoms with Crippen LogP contribution in [0.25, 0.3) is 0 Å². The van der Waals surface area contributed by atoms with Crippen LogP contribution in [0.5, 0.6) is 0 Å². The van der Waals surface area contributed by atoms with Gasteiger partial charge in [0, 0.05) is 12.1 Å². The Morgan fingerprint density at radius 1 is 1.30 bits per heavy atom. The highest BCUT2D eigenvalue weighted by Gasteiger charge is 2.27. The number of carbonyl (C=O) groups excluding carboxylic acids is 2. The van der Waals surface area contributed by atoms with Gasteiger partial charge in [-0.2, -0.15) is 0 Å². The van der Waals surface area contributed by atoms with Gasteiger partial charge in [-0.05, 0) is 32.3 Å². The average Bonchev–Trinajstić information content (AvgIpc) is 3.36. The minimum Gasteiger partial charge on any atom is -0.465 e. The summed E-state index contributed by atoms with van der Waals surface area (Å²) in [5.41, 5.74) is 2.12. The summed E-state index contributed by atoms with van der Waals surface area (Å²) in [4.78, 5) is 32.3. The second-order valence-corrected chi connectivity index (χ2v) is 8.47. The topological polar surface area (TPSA) is 101 Å². The number of esters is 1. The van der Waals surface area contributed by atoms with E-state index in [1.165, 1.54) is 44.6 Å². The number of Topliss-reactive ketones (excluding diaryl/α,β-unsaturated/α-hetero) is 1. The second-order valence-electron chi connectivity index (χ2n) is 7.16. The number of carbonyl (C=O) groups is 2. The maximum atomic E-state index is 12.9. The number of ketones is 1. The molecule has 2 N–H and O–H groups in total. The molecule has 1 saturated carbocycles. The molecule has 3 rings (SSSR count). The maximum absolute atomic E-state index is 12.9. The maximum Gasteiger partial charge on any atom is 0.339 e. The number of aryl methyl sites for hydroxylation is 1. The van der Waals surface area contributed by atoms with E-state index in [2.05, 4.69) is 20.2 Å². The quantitative estimate of drug-likeness (QED) is 0.425. The number of methoxy groups -OCH3 is 1. The van der Waals surface area contributed by atoms with Crippen molar-refractivity contribution in [2.75, 3.05) is 7.11 Å². The van der Waals surface area contributed by atoms with Crippen LogP contribution < -0.4 is 0 Å². The molecule has 2 aromatic heterocycles. The first kappa shape index (κ1) is 19.7. The van der Waals surface area contributed by atoms with Crippen molar-refractivity contribution in [2.45, 2.75) is 63.3 Å². The molecule has 1 fully saturated rings. The largest absolute Gasteiger partial charge is 0.465 e. The van der Waals surface area contributed by atoms with E-state index >= 15 is 0 Å². The molecular weight excluding hydrogens is 364 g/mol. The Morgan fingerprint density at radius 2 is 2.00 bits per heavy atom. The molecule has 1 aliphatic rings.